The molecule has 1 unspecified atom stereocenters. The second-order valence-corrected chi connectivity index (χ2v) is 5.71. The van der Waals surface area contributed by atoms with E-state index in [0.717, 1.165) is 5.56 Å². The number of carbonyl (C=O) groups is 3. The quantitative estimate of drug-likeness (QED) is 0.797. The van der Waals surface area contributed by atoms with E-state index in [1.54, 1.807) is 11.0 Å². The number of nitrogens with one attached hydrogen (secondary N) is 1. The molecule has 2 rings (SSSR count). The third-order valence-electron chi connectivity index (χ3n) is 3.41. The van der Waals surface area contributed by atoms with Crippen LogP contribution in [0, 0.1) is 0 Å². The predicted octanol–water partition coefficient (Wildman–Crippen LogP) is 1.38. The Morgan fingerprint density at radius 1 is 1.48 bits per heavy atom. The summed E-state index contributed by atoms with van der Waals surface area (Å²) in [5.74, 6) is -1.60. The molecule has 0 radical (unpaired) electrons. The van der Waals surface area contributed by atoms with Crippen molar-refractivity contribution < 1.29 is 19.5 Å². The molecular weight excluding hydrogens is 340 g/mol. The lowest BCUT2D eigenvalue weighted by atomic mass is 10.1. The summed E-state index contributed by atoms with van der Waals surface area (Å²) in [6, 6.07) is 4.37. The third kappa shape index (κ3) is 3.48. The summed E-state index contributed by atoms with van der Waals surface area (Å²) in [4.78, 5) is 36.0. The summed E-state index contributed by atoms with van der Waals surface area (Å²) in [7, 11) is 0. The summed E-state index contributed by atoms with van der Waals surface area (Å²) in [6.07, 6.45) is 0.601. The number of nitrogens with zero attached hydrogens (tertiary/aromatic N) is 1. The lowest BCUT2D eigenvalue weighted by Crippen LogP contribution is -2.57. The van der Waals surface area contributed by atoms with Crippen molar-refractivity contribution in [2.24, 2.45) is 0 Å². The number of piperazine rings is 1. The minimum atomic E-state index is -0.999. The highest BCUT2D eigenvalue weighted by Gasteiger charge is 2.32. The van der Waals surface area contributed by atoms with E-state index in [9.17, 15) is 14.4 Å². The van der Waals surface area contributed by atoms with Crippen molar-refractivity contribution >= 4 is 33.7 Å². The molecule has 0 aliphatic carbocycles. The van der Waals surface area contributed by atoms with Crippen molar-refractivity contribution in [1.29, 1.82) is 0 Å². The maximum Gasteiger partial charge on any atom is 0.335 e. The number of carboxylic acids is 1. The van der Waals surface area contributed by atoms with Gasteiger partial charge in [-0.25, -0.2) is 4.79 Å². The molecule has 1 heterocycles. The molecule has 0 aromatic heterocycles. The van der Waals surface area contributed by atoms with Gasteiger partial charge in [0.2, 0.25) is 11.8 Å². The first-order chi connectivity index (χ1) is 9.92. The Kier molecular flexibility index (Phi) is 4.74. The molecule has 1 aliphatic heterocycles. The second-order valence-electron chi connectivity index (χ2n) is 4.85. The summed E-state index contributed by atoms with van der Waals surface area (Å²) >= 11 is 3.34. The van der Waals surface area contributed by atoms with Crippen LogP contribution < -0.4 is 5.32 Å². The van der Waals surface area contributed by atoms with Crippen LogP contribution in [0.25, 0.3) is 0 Å². The molecule has 1 saturated heterocycles. The highest BCUT2D eigenvalue weighted by molar-refractivity contribution is 9.10. The van der Waals surface area contributed by atoms with Gasteiger partial charge in [-0.3, -0.25) is 19.8 Å². The maximum absolute atomic E-state index is 11.8. The van der Waals surface area contributed by atoms with Gasteiger partial charge >= 0.3 is 5.97 Å². The molecule has 0 spiro atoms. The summed E-state index contributed by atoms with van der Waals surface area (Å²) in [5, 5.41) is 11.3. The van der Waals surface area contributed by atoms with Crippen molar-refractivity contribution in [2.45, 2.75) is 25.9 Å². The van der Waals surface area contributed by atoms with Gasteiger partial charge in [0, 0.05) is 11.0 Å². The van der Waals surface area contributed by atoms with Crippen LogP contribution in [-0.4, -0.2) is 40.4 Å². The average molecular weight is 355 g/mol. The number of amides is 2. The van der Waals surface area contributed by atoms with Crippen LogP contribution in [0.4, 0.5) is 0 Å². The van der Waals surface area contributed by atoms with Crippen LogP contribution in [0.5, 0.6) is 0 Å². The van der Waals surface area contributed by atoms with Crippen LogP contribution in [0.3, 0.4) is 0 Å². The monoisotopic (exact) mass is 354 g/mol. The van der Waals surface area contributed by atoms with Crippen LogP contribution in [-0.2, 0) is 16.1 Å². The Morgan fingerprint density at radius 3 is 2.76 bits per heavy atom. The number of hydrogen-bond acceptors (Lipinski definition) is 4. The summed E-state index contributed by atoms with van der Waals surface area (Å²) < 4.78 is 0.649. The largest absolute Gasteiger partial charge is 0.478 e. The number of aromatic carboxylic acids is 1. The lowest BCUT2D eigenvalue weighted by molar-refractivity contribution is -0.140. The van der Waals surface area contributed by atoms with Gasteiger partial charge in [-0.15, -0.1) is 0 Å². The van der Waals surface area contributed by atoms with Crippen molar-refractivity contribution in [3.8, 4) is 0 Å². The Hall–Kier alpha value is -1.73. The van der Waals surface area contributed by atoms with Gasteiger partial charge in [0.15, 0.2) is 0 Å². The zero-order valence-corrected chi connectivity index (χ0v) is 13.0. The standard InChI is InChI=1S/C14H15BrN2O4/c1-2-11-13(19)16-12(18)7-17(11)6-9-4-3-8(14(20)21)5-10(9)15/h3-5,11H,2,6-7H2,1H3,(H,20,21)(H,16,18,19). The topological polar surface area (TPSA) is 86.7 Å². The number of rotatable bonds is 4. The SMILES string of the molecule is CCC1C(=O)NC(=O)CN1Cc1ccc(C(=O)O)cc1Br. The van der Waals surface area contributed by atoms with E-state index >= 15 is 0 Å². The molecule has 2 amide bonds. The first kappa shape index (κ1) is 15.7. The average Bonchev–Trinajstić information content (AvgIpc) is 2.40. The van der Waals surface area contributed by atoms with E-state index in [1.165, 1.54) is 12.1 Å². The fourth-order valence-electron chi connectivity index (χ4n) is 2.36. The van der Waals surface area contributed by atoms with E-state index in [0.29, 0.717) is 17.4 Å². The van der Waals surface area contributed by atoms with E-state index < -0.39 is 5.97 Å². The lowest BCUT2D eigenvalue weighted by Gasteiger charge is -2.33. The zero-order chi connectivity index (χ0) is 15.6. The molecule has 2 N–H and O–H groups in total. The number of carbonyl (C=O) groups excluding carboxylic acids is 2. The van der Waals surface area contributed by atoms with Crippen molar-refractivity contribution in [3.05, 3.63) is 33.8 Å². The molecule has 1 fully saturated rings. The maximum atomic E-state index is 11.8. The highest BCUT2D eigenvalue weighted by atomic mass is 79.9. The molecule has 0 saturated carbocycles. The molecule has 6 nitrogen and oxygen atoms in total. The van der Waals surface area contributed by atoms with E-state index in [4.69, 9.17) is 5.11 Å². The van der Waals surface area contributed by atoms with Crippen molar-refractivity contribution in [3.63, 3.8) is 0 Å². The zero-order valence-electron chi connectivity index (χ0n) is 11.4. The molecule has 1 aromatic carbocycles. The first-order valence-corrected chi connectivity index (χ1v) is 7.31. The molecule has 112 valence electrons. The Bertz CT molecular complexity index is 603. The number of hydrogen-bond donors (Lipinski definition) is 2. The fraction of sp³-hybridized carbons (Fsp3) is 0.357. The van der Waals surface area contributed by atoms with E-state index in [-0.39, 0.29) is 30.0 Å². The predicted molar refractivity (Wildman–Crippen MR) is 78.7 cm³/mol. The number of imide groups is 1. The van der Waals surface area contributed by atoms with Gasteiger partial charge in [0.1, 0.15) is 0 Å². The van der Waals surface area contributed by atoms with Crippen LogP contribution in [0.1, 0.15) is 29.3 Å². The first-order valence-electron chi connectivity index (χ1n) is 6.51. The molecule has 1 atom stereocenters. The summed E-state index contributed by atoms with van der Waals surface area (Å²) in [6.45, 7) is 2.44. The smallest absolute Gasteiger partial charge is 0.335 e. The van der Waals surface area contributed by atoms with Gasteiger partial charge in [-0.2, -0.15) is 0 Å². The normalized spacial score (nSPS) is 19.4. The van der Waals surface area contributed by atoms with Gasteiger partial charge < -0.3 is 5.11 Å². The number of halogens is 1. The molecule has 1 aliphatic rings. The molecule has 21 heavy (non-hydrogen) atoms. The molecule has 0 bridgehead atoms. The Balaban J connectivity index is 2.21. The highest BCUT2D eigenvalue weighted by Crippen LogP contribution is 2.22. The Labute approximate surface area is 130 Å². The van der Waals surface area contributed by atoms with Gasteiger partial charge in [-0.1, -0.05) is 28.9 Å². The van der Waals surface area contributed by atoms with Gasteiger partial charge in [0.25, 0.3) is 0 Å². The summed E-state index contributed by atoms with van der Waals surface area (Å²) in [5.41, 5.74) is 1.02. The minimum Gasteiger partial charge on any atom is -0.478 e. The second kappa shape index (κ2) is 6.36. The van der Waals surface area contributed by atoms with E-state index in [2.05, 4.69) is 21.2 Å². The van der Waals surface area contributed by atoms with Crippen molar-refractivity contribution in [2.75, 3.05) is 6.54 Å². The van der Waals surface area contributed by atoms with Gasteiger partial charge in [-0.05, 0) is 24.1 Å². The fourth-order valence-corrected chi connectivity index (χ4v) is 2.86. The van der Waals surface area contributed by atoms with Crippen LogP contribution >= 0.6 is 15.9 Å². The minimum absolute atomic E-state index is 0.150. The molecule has 7 heteroatoms. The van der Waals surface area contributed by atoms with Crippen molar-refractivity contribution in [1.82, 2.24) is 10.2 Å². The van der Waals surface area contributed by atoms with Gasteiger partial charge in [0.05, 0.1) is 18.2 Å². The number of benzene rings is 1. The third-order valence-corrected chi connectivity index (χ3v) is 4.15. The molecular formula is C14H15BrN2O4. The van der Waals surface area contributed by atoms with E-state index in [1.807, 2.05) is 6.92 Å². The molecule has 1 aromatic rings. The number of carboxylic acid groups (broad SMARTS) is 1. The van der Waals surface area contributed by atoms with Crippen LogP contribution in [0.2, 0.25) is 0 Å². The Morgan fingerprint density at radius 2 is 2.19 bits per heavy atom. The van der Waals surface area contributed by atoms with Crippen LogP contribution in [0.15, 0.2) is 22.7 Å².